The molecule has 0 saturated carbocycles. The summed E-state index contributed by atoms with van der Waals surface area (Å²) in [7, 11) is 0. The Morgan fingerprint density at radius 3 is 2.08 bits per heavy atom. The quantitative estimate of drug-likeness (QED) is 0.787. The molecule has 130 valence electrons. The Morgan fingerprint density at radius 2 is 1.52 bits per heavy atom. The number of aliphatic hydroxyl groups is 1. The molecule has 3 rings (SSSR count). The number of nitrogens with zero attached hydrogens (tertiary/aromatic N) is 1. The summed E-state index contributed by atoms with van der Waals surface area (Å²) >= 11 is 0. The Hall–Kier alpha value is -2.50. The number of amides is 2. The Labute approximate surface area is 146 Å². The summed E-state index contributed by atoms with van der Waals surface area (Å²) in [6.45, 7) is 2.25. The number of imide groups is 1. The highest BCUT2D eigenvalue weighted by Gasteiger charge is 2.37. The Bertz CT molecular complexity index is 724. The molecule has 0 radical (unpaired) electrons. The molecule has 2 aromatic carbocycles. The summed E-state index contributed by atoms with van der Waals surface area (Å²) in [5.41, 5.74) is 1.84. The van der Waals surface area contributed by atoms with Gasteiger partial charge < -0.3 is 9.84 Å². The molecule has 0 aliphatic carbocycles. The summed E-state index contributed by atoms with van der Waals surface area (Å²) in [6, 6.07) is 16.5. The van der Waals surface area contributed by atoms with E-state index in [0.29, 0.717) is 17.7 Å². The number of fused-ring (bicyclic) bond motifs is 1. The van der Waals surface area contributed by atoms with Crippen molar-refractivity contribution in [1.29, 1.82) is 0 Å². The summed E-state index contributed by atoms with van der Waals surface area (Å²) in [5, 5.41) is 9.51. The third kappa shape index (κ3) is 3.62. The van der Waals surface area contributed by atoms with E-state index in [0.717, 1.165) is 5.56 Å². The van der Waals surface area contributed by atoms with Crippen molar-refractivity contribution in [2.24, 2.45) is 5.92 Å². The van der Waals surface area contributed by atoms with Crippen molar-refractivity contribution in [1.82, 2.24) is 4.90 Å². The van der Waals surface area contributed by atoms with Gasteiger partial charge in [0, 0.05) is 12.5 Å². The van der Waals surface area contributed by atoms with Gasteiger partial charge in [-0.15, -0.1) is 0 Å². The zero-order chi connectivity index (χ0) is 17.8. The lowest BCUT2D eigenvalue weighted by Crippen LogP contribution is -2.41. The molecular weight excluding hydrogens is 318 g/mol. The fourth-order valence-corrected chi connectivity index (χ4v) is 2.88. The fraction of sp³-hybridized carbons (Fsp3) is 0.300. The summed E-state index contributed by atoms with van der Waals surface area (Å²) in [5.74, 6) is -0.814. The number of carbonyl (C=O) groups excluding carboxylic acids is 2. The number of rotatable bonds is 7. The Morgan fingerprint density at radius 1 is 0.960 bits per heavy atom. The lowest BCUT2D eigenvalue weighted by Gasteiger charge is -2.27. The average molecular weight is 339 g/mol. The van der Waals surface area contributed by atoms with Crippen LogP contribution in [0.3, 0.4) is 0 Å². The minimum Gasteiger partial charge on any atom is -0.396 e. The highest BCUT2D eigenvalue weighted by atomic mass is 16.5. The van der Waals surface area contributed by atoms with Gasteiger partial charge in [-0.2, -0.15) is 0 Å². The minimum atomic E-state index is -0.438. The number of benzene rings is 2. The maximum atomic E-state index is 12.5. The first-order valence-corrected chi connectivity index (χ1v) is 8.33. The van der Waals surface area contributed by atoms with Crippen LogP contribution in [0.4, 0.5) is 0 Å². The van der Waals surface area contributed by atoms with Gasteiger partial charge in [-0.1, -0.05) is 49.4 Å². The first-order valence-electron chi connectivity index (χ1n) is 8.33. The van der Waals surface area contributed by atoms with Crippen molar-refractivity contribution in [3.8, 4) is 0 Å². The number of hydrogen-bond donors (Lipinski definition) is 1. The van der Waals surface area contributed by atoms with Gasteiger partial charge in [-0.3, -0.25) is 14.5 Å². The molecule has 5 nitrogen and oxygen atoms in total. The summed E-state index contributed by atoms with van der Waals surface area (Å²) in [6.07, 6.45) is -0.438. The minimum absolute atomic E-state index is 0.0807. The van der Waals surface area contributed by atoms with E-state index in [1.54, 1.807) is 24.3 Å². The zero-order valence-electron chi connectivity index (χ0n) is 14.1. The summed E-state index contributed by atoms with van der Waals surface area (Å²) in [4.78, 5) is 26.2. The molecule has 0 aromatic heterocycles. The van der Waals surface area contributed by atoms with E-state index in [2.05, 4.69) is 0 Å². The van der Waals surface area contributed by atoms with E-state index in [4.69, 9.17) is 4.74 Å². The van der Waals surface area contributed by atoms with Crippen LogP contribution in [0.5, 0.6) is 0 Å². The molecule has 5 heteroatoms. The number of aliphatic hydroxyl groups excluding tert-OH is 1. The molecule has 0 bridgehead atoms. The fourth-order valence-electron chi connectivity index (χ4n) is 2.88. The topological polar surface area (TPSA) is 66.8 Å². The van der Waals surface area contributed by atoms with E-state index >= 15 is 0 Å². The molecule has 1 N–H and O–H groups in total. The predicted molar refractivity (Wildman–Crippen MR) is 93.1 cm³/mol. The van der Waals surface area contributed by atoms with Gasteiger partial charge in [-0.25, -0.2) is 0 Å². The van der Waals surface area contributed by atoms with Gasteiger partial charge in [0.1, 0.15) is 0 Å². The van der Waals surface area contributed by atoms with Crippen molar-refractivity contribution in [2.75, 3.05) is 13.2 Å². The van der Waals surface area contributed by atoms with E-state index < -0.39 is 6.10 Å². The van der Waals surface area contributed by atoms with Crippen LogP contribution < -0.4 is 0 Å². The standard InChI is InChI=1S/C20H21NO4/c1-14(12-22)18(25-13-15-7-3-2-4-8-15)11-21-19(23)16-9-5-6-10-17(16)20(21)24/h2-10,14,18,22H,11-13H2,1H3/t14-,18+/m0/s1. The van der Waals surface area contributed by atoms with Crippen LogP contribution in [0.2, 0.25) is 0 Å². The third-order valence-corrected chi connectivity index (χ3v) is 4.47. The predicted octanol–water partition coefficient (Wildman–Crippen LogP) is 2.50. The van der Waals surface area contributed by atoms with Crippen LogP contribution in [0.1, 0.15) is 33.2 Å². The smallest absolute Gasteiger partial charge is 0.261 e. The molecular formula is C20H21NO4. The van der Waals surface area contributed by atoms with Gasteiger partial charge in [-0.05, 0) is 17.7 Å². The SMILES string of the molecule is C[C@@H](CO)[C@@H](CN1C(=O)c2ccccc2C1=O)OCc1ccccc1. The first-order chi connectivity index (χ1) is 12.1. The number of ether oxygens (including phenoxy) is 1. The van der Waals surface area contributed by atoms with Crippen molar-refractivity contribution < 1.29 is 19.4 Å². The maximum absolute atomic E-state index is 12.5. The Balaban J connectivity index is 1.73. The summed E-state index contributed by atoms with van der Waals surface area (Å²) < 4.78 is 5.93. The molecule has 2 amide bonds. The van der Waals surface area contributed by atoms with E-state index in [-0.39, 0.29) is 30.9 Å². The molecule has 25 heavy (non-hydrogen) atoms. The number of carbonyl (C=O) groups is 2. The Kier molecular flexibility index (Phi) is 5.26. The van der Waals surface area contributed by atoms with Crippen molar-refractivity contribution in [3.63, 3.8) is 0 Å². The molecule has 1 aliphatic rings. The van der Waals surface area contributed by atoms with Gasteiger partial charge in [0.2, 0.25) is 0 Å². The highest BCUT2D eigenvalue weighted by Crippen LogP contribution is 2.24. The van der Waals surface area contributed by atoms with Crippen LogP contribution >= 0.6 is 0 Å². The van der Waals surface area contributed by atoms with Gasteiger partial charge >= 0.3 is 0 Å². The van der Waals surface area contributed by atoms with E-state index in [9.17, 15) is 14.7 Å². The van der Waals surface area contributed by atoms with Gasteiger partial charge in [0.05, 0.1) is 30.4 Å². The molecule has 0 unspecified atom stereocenters. The molecule has 0 saturated heterocycles. The second kappa shape index (κ2) is 7.59. The third-order valence-electron chi connectivity index (χ3n) is 4.47. The normalized spacial score (nSPS) is 16.0. The van der Waals surface area contributed by atoms with Crippen LogP contribution in [0.15, 0.2) is 54.6 Å². The molecule has 2 atom stereocenters. The molecule has 0 fully saturated rings. The van der Waals surface area contributed by atoms with Crippen LogP contribution in [-0.2, 0) is 11.3 Å². The van der Waals surface area contributed by atoms with Gasteiger partial charge in [0.15, 0.2) is 0 Å². The largest absolute Gasteiger partial charge is 0.396 e. The number of hydrogen-bond acceptors (Lipinski definition) is 4. The molecule has 1 aliphatic heterocycles. The first kappa shape index (κ1) is 17.3. The second-order valence-electron chi connectivity index (χ2n) is 6.26. The lowest BCUT2D eigenvalue weighted by atomic mass is 10.1. The van der Waals surface area contributed by atoms with E-state index in [1.165, 1.54) is 4.90 Å². The monoisotopic (exact) mass is 339 g/mol. The van der Waals surface area contributed by atoms with Gasteiger partial charge in [0.25, 0.3) is 11.8 Å². The van der Waals surface area contributed by atoms with Crippen molar-refractivity contribution in [3.05, 3.63) is 71.3 Å². The van der Waals surface area contributed by atoms with Crippen LogP contribution in [0.25, 0.3) is 0 Å². The molecule has 1 heterocycles. The van der Waals surface area contributed by atoms with Crippen LogP contribution in [-0.4, -0.2) is 41.1 Å². The maximum Gasteiger partial charge on any atom is 0.261 e. The average Bonchev–Trinajstić information content (AvgIpc) is 2.90. The zero-order valence-corrected chi connectivity index (χ0v) is 14.1. The second-order valence-corrected chi connectivity index (χ2v) is 6.26. The highest BCUT2D eigenvalue weighted by molar-refractivity contribution is 6.21. The molecule has 2 aromatic rings. The van der Waals surface area contributed by atoms with E-state index in [1.807, 2.05) is 37.3 Å². The van der Waals surface area contributed by atoms with Crippen molar-refractivity contribution in [2.45, 2.75) is 19.6 Å². The molecule has 0 spiro atoms. The van der Waals surface area contributed by atoms with Crippen molar-refractivity contribution >= 4 is 11.8 Å². The lowest BCUT2D eigenvalue weighted by molar-refractivity contribution is -0.0235. The van der Waals surface area contributed by atoms with Crippen LogP contribution in [0, 0.1) is 5.92 Å².